The Morgan fingerprint density at radius 2 is 2.20 bits per heavy atom. The number of hydrogen-bond donors (Lipinski definition) is 0. The van der Waals surface area contributed by atoms with Crippen LogP contribution in [-0.4, -0.2) is 68.6 Å². The SMILES string of the molecule is COCCN(C(=O)COc1cccc([N+](=O)[O-])c1)[C@H]1CCS(=O)(=O)C1. The van der Waals surface area contributed by atoms with Crippen LogP contribution in [-0.2, 0) is 19.4 Å². The largest absolute Gasteiger partial charge is 0.484 e. The first-order valence-corrected chi connectivity index (χ1v) is 9.50. The second-order valence-electron chi connectivity index (χ2n) is 5.68. The Kier molecular flexibility index (Phi) is 6.32. The number of methoxy groups -OCH3 is 1. The summed E-state index contributed by atoms with van der Waals surface area (Å²) in [6.45, 7) is 0.203. The number of benzene rings is 1. The first kappa shape index (κ1) is 19.1. The predicted octanol–water partition coefficient (Wildman–Crippen LogP) is 0.636. The lowest BCUT2D eigenvalue weighted by molar-refractivity contribution is -0.384. The lowest BCUT2D eigenvalue weighted by atomic mass is 10.2. The number of carbonyl (C=O) groups excluding carboxylic acids is 1. The van der Waals surface area contributed by atoms with Gasteiger partial charge in [-0.25, -0.2) is 8.42 Å². The van der Waals surface area contributed by atoms with Crippen LogP contribution in [0, 0.1) is 10.1 Å². The van der Waals surface area contributed by atoms with E-state index < -0.39 is 20.8 Å². The molecule has 2 rings (SSSR count). The highest BCUT2D eigenvalue weighted by atomic mass is 32.2. The molecule has 1 heterocycles. The standard InChI is InChI=1S/C15H20N2O7S/c1-23-7-6-16(13-5-8-25(21,22)11-13)15(18)10-24-14-4-2-3-12(9-14)17(19)20/h2-4,9,13H,5-8,10-11H2,1H3/t13-/m0/s1. The van der Waals surface area contributed by atoms with Gasteiger partial charge in [-0.2, -0.15) is 0 Å². The highest BCUT2D eigenvalue weighted by Crippen LogP contribution is 2.20. The van der Waals surface area contributed by atoms with E-state index in [1.807, 2.05) is 0 Å². The number of amides is 1. The van der Waals surface area contributed by atoms with Crippen LogP contribution in [0.2, 0.25) is 0 Å². The average Bonchev–Trinajstić information content (AvgIpc) is 2.93. The summed E-state index contributed by atoms with van der Waals surface area (Å²) < 4.78 is 33.6. The molecule has 1 aliphatic heterocycles. The second kappa shape index (κ2) is 8.26. The Hall–Kier alpha value is -2.20. The van der Waals surface area contributed by atoms with Crippen molar-refractivity contribution < 1.29 is 27.6 Å². The molecule has 1 fully saturated rings. The molecule has 0 unspecified atom stereocenters. The van der Waals surface area contributed by atoms with Crippen LogP contribution in [0.4, 0.5) is 5.69 Å². The van der Waals surface area contributed by atoms with Crippen LogP contribution < -0.4 is 4.74 Å². The van der Waals surface area contributed by atoms with Gasteiger partial charge in [-0.05, 0) is 12.5 Å². The van der Waals surface area contributed by atoms with E-state index in [9.17, 15) is 23.3 Å². The summed E-state index contributed by atoms with van der Waals surface area (Å²) >= 11 is 0. The van der Waals surface area contributed by atoms with Crippen LogP contribution >= 0.6 is 0 Å². The van der Waals surface area contributed by atoms with Gasteiger partial charge < -0.3 is 14.4 Å². The molecule has 25 heavy (non-hydrogen) atoms. The van der Waals surface area contributed by atoms with Crippen molar-refractivity contribution in [1.29, 1.82) is 0 Å². The van der Waals surface area contributed by atoms with E-state index in [0.717, 1.165) is 0 Å². The van der Waals surface area contributed by atoms with Crippen molar-refractivity contribution in [3.05, 3.63) is 34.4 Å². The number of nitro groups is 1. The number of nitrogens with zero attached hydrogens (tertiary/aromatic N) is 2. The summed E-state index contributed by atoms with van der Waals surface area (Å²) in [6.07, 6.45) is 0.384. The predicted molar refractivity (Wildman–Crippen MR) is 89.2 cm³/mol. The van der Waals surface area contributed by atoms with Gasteiger partial charge in [0.25, 0.3) is 11.6 Å². The fraction of sp³-hybridized carbons (Fsp3) is 0.533. The molecular weight excluding hydrogens is 352 g/mol. The summed E-state index contributed by atoms with van der Waals surface area (Å²) in [5.41, 5.74) is -0.136. The number of sulfone groups is 1. The molecule has 0 aliphatic carbocycles. The Bertz CT molecular complexity index is 735. The van der Waals surface area contributed by atoms with E-state index in [1.165, 1.54) is 36.3 Å². The third-order valence-electron chi connectivity index (χ3n) is 3.90. The molecule has 0 aromatic heterocycles. The van der Waals surface area contributed by atoms with Gasteiger partial charge >= 0.3 is 0 Å². The first-order chi connectivity index (χ1) is 11.8. The molecule has 0 saturated carbocycles. The smallest absolute Gasteiger partial charge is 0.273 e. The van der Waals surface area contributed by atoms with Crippen LogP contribution in [0.3, 0.4) is 0 Å². The fourth-order valence-corrected chi connectivity index (χ4v) is 4.37. The van der Waals surface area contributed by atoms with E-state index in [2.05, 4.69) is 0 Å². The molecule has 10 heteroatoms. The number of carbonyl (C=O) groups is 1. The second-order valence-corrected chi connectivity index (χ2v) is 7.91. The summed E-state index contributed by atoms with van der Waals surface area (Å²) in [7, 11) is -1.64. The third kappa shape index (κ3) is 5.40. The topological polar surface area (TPSA) is 116 Å². The zero-order valence-electron chi connectivity index (χ0n) is 13.8. The maximum atomic E-state index is 12.5. The summed E-state index contributed by atoms with van der Waals surface area (Å²) in [4.78, 5) is 24.1. The van der Waals surface area contributed by atoms with Crippen LogP contribution in [0.5, 0.6) is 5.75 Å². The lowest BCUT2D eigenvalue weighted by Gasteiger charge is -2.28. The minimum atomic E-state index is -3.13. The Morgan fingerprint density at radius 1 is 1.44 bits per heavy atom. The van der Waals surface area contributed by atoms with Crippen molar-refractivity contribution in [2.24, 2.45) is 0 Å². The molecule has 0 spiro atoms. The van der Waals surface area contributed by atoms with Gasteiger partial charge in [0.15, 0.2) is 16.4 Å². The van der Waals surface area contributed by atoms with Gasteiger partial charge in [0.05, 0.1) is 29.1 Å². The zero-order chi connectivity index (χ0) is 18.4. The molecule has 1 saturated heterocycles. The monoisotopic (exact) mass is 372 g/mol. The molecule has 0 N–H and O–H groups in total. The highest BCUT2D eigenvalue weighted by molar-refractivity contribution is 7.91. The molecule has 9 nitrogen and oxygen atoms in total. The van der Waals surface area contributed by atoms with Gasteiger partial charge in [-0.1, -0.05) is 6.07 Å². The average molecular weight is 372 g/mol. The Balaban J connectivity index is 2.01. The van der Waals surface area contributed by atoms with Crippen molar-refractivity contribution in [2.75, 3.05) is 38.4 Å². The van der Waals surface area contributed by atoms with Gasteiger partial charge in [0, 0.05) is 25.8 Å². The molecule has 0 bridgehead atoms. The normalized spacial score (nSPS) is 18.7. The molecule has 1 atom stereocenters. The molecule has 1 amide bonds. The van der Waals surface area contributed by atoms with Crippen molar-refractivity contribution in [3.63, 3.8) is 0 Å². The summed E-state index contributed by atoms with van der Waals surface area (Å²) in [6, 6.07) is 5.13. The number of ether oxygens (including phenoxy) is 2. The lowest BCUT2D eigenvalue weighted by Crippen LogP contribution is -2.45. The van der Waals surface area contributed by atoms with Gasteiger partial charge in [-0.15, -0.1) is 0 Å². The molecular formula is C15H20N2O7S. The van der Waals surface area contributed by atoms with E-state index in [-0.39, 0.29) is 48.6 Å². The molecule has 0 radical (unpaired) electrons. The Morgan fingerprint density at radius 3 is 2.80 bits per heavy atom. The van der Waals surface area contributed by atoms with Crippen molar-refractivity contribution >= 4 is 21.4 Å². The number of hydrogen-bond acceptors (Lipinski definition) is 7. The van der Waals surface area contributed by atoms with E-state index in [0.29, 0.717) is 6.42 Å². The molecule has 1 aromatic rings. The summed E-state index contributed by atoms with van der Waals surface area (Å²) in [5, 5.41) is 10.8. The van der Waals surface area contributed by atoms with Gasteiger partial charge in [-0.3, -0.25) is 14.9 Å². The van der Waals surface area contributed by atoms with Gasteiger partial charge in [0.1, 0.15) is 5.75 Å². The van der Waals surface area contributed by atoms with Crippen molar-refractivity contribution in [3.8, 4) is 5.75 Å². The number of rotatable bonds is 8. The molecule has 1 aliphatic rings. The van der Waals surface area contributed by atoms with Crippen LogP contribution in [0.15, 0.2) is 24.3 Å². The maximum Gasteiger partial charge on any atom is 0.273 e. The van der Waals surface area contributed by atoms with Crippen LogP contribution in [0.25, 0.3) is 0 Å². The highest BCUT2D eigenvalue weighted by Gasteiger charge is 2.34. The number of non-ortho nitro benzene ring substituents is 1. The molecule has 1 aromatic carbocycles. The quantitative estimate of drug-likeness (QED) is 0.485. The van der Waals surface area contributed by atoms with E-state index in [1.54, 1.807) is 0 Å². The maximum absolute atomic E-state index is 12.5. The van der Waals surface area contributed by atoms with Gasteiger partial charge in [0.2, 0.25) is 0 Å². The van der Waals surface area contributed by atoms with Crippen molar-refractivity contribution in [1.82, 2.24) is 4.90 Å². The van der Waals surface area contributed by atoms with Crippen LogP contribution in [0.1, 0.15) is 6.42 Å². The number of nitro benzene ring substituents is 1. The Labute approximate surface area is 145 Å². The molecule has 138 valence electrons. The van der Waals surface area contributed by atoms with E-state index in [4.69, 9.17) is 9.47 Å². The minimum absolute atomic E-state index is 0.0557. The van der Waals surface area contributed by atoms with Crippen molar-refractivity contribution in [2.45, 2.75) is 12.5 Å². The third-order valence-corrected chi connectivity index (χ3v) is 5.65. The summed E-state index contributed by atoms with van der Waals surface area (Å²) in [5.74, 6) is -0.196. The first-order valence-electron chi connectivity index (χ1n) is 7.68. The minimum Gasteiger partial charge on any atom is -0.484 e. The fourth-order valence-electron chi connectivity index (χ4n) is 2.64. The van der Waals surface area contributed by atoms with E-state index >= 15 is 0 Å². The zero-order valence-corrected chi connectivity index (χ0v) is 14.6.